The molecule has 0 saturated carbocycles. The van der Waals surface area contributed by atoms with Crippen molar-refractivity contribution < 1.29 is 21.6 Å². The lowest BCUT2D eigenvalue weighted by molar-refractivity contribution is -0.137. The predicted molar refractivity (Wildman–Crippen MR) is 86.1 cm³/mol. The Morgan fingerprint density at radius 2 is 1.92 bits per heavy atom. The van der Waals surface area contributed by atoms with Crippen LogP contribution in [0.5, 0.6) is 0 Å². The van der Waals surface area contributed by atoms with Gasteiger partial charge in [-0.1, -0.05) is 23.2 Å². The number of rotatable bonds is 6. The van der Waals surface area contributed by atoms with Crippen molar-refractivity contribution in [2.45, 2.75) is 11.2 Å². The van der Waals surface area contributed by atoms with E-state index in [0.717, 1.165) is 6.07 Å². The van der Waals surface area contributed by atoms with Gasteiger partial charge in [0.2, 0.25) is 5.03 Å². The Bertz CT molecular complexity index is 870. The summed E-state index contributed by atoms with van der Waals surface area (Å²) in [5.74, 6) is 0.00438. The molecule has 0 radical (unpaired) electrons. The summed E-state index contributed by atoms with van der Waals surface area (Å²) in [7, 11) is -2.38. The Hall–Kier alpha value is -1.56. The molecule has 0 aliphatic carbocycles. The Morgan fingerprint density at radius 3 is 2.44 bits per heavy atom. The molecule has 0 aliphatic heterocycles. The van der Waals surface area contributed by atoms with Crippen LogP contribution in [-0.2, 0) is 23.2 Å². The van der Waals surface area contributed by atoms with Crippen LogP contribution in [0.15, 0.2) is 23.6 Å². The van der Waals surface area contributed by atoms with Gasteiger partial charge in [0.1, 0.15) is 11.0 Å². The lowest BCUT2D eigenvalue weighted by Crippen LogP contribution is -2.29. The minimum absolute atomic E-state index is 0.00438. The first kappa shape index (κ1) is 19.8. The number of anilines is 1. The number of alkyl halides is 3. The zero-order valence-electron chi connectivity index (χ0n) is 12.6. The summed E-state index contributed by atoms with van der Waals surface area (Å²) in [6, 6.07) is 0.731. The maximum absolute atomic E-state index is 12.5. The largest absolute Gasteiger partial charge is 0.417 e. The average molecular weight is 418 g/mol. The molecule has 0 atom stereocenters. The van der Waals surface area contributed by atoms with E-state index >= 15 is 0 Å². The number of nitrogens with zero attached hydrogens (tertiary/aromatic N) is 3. The van der Waals surface area contributed by atoms with Crippen molar-refractivity contribution in [2.24, 2.45) is 7.05 Å². The molecule has 0 bridgehead atoms. The first-order chi connectivity index (χ1) is 11.5. The number of hydrogen-bond donors (Lipinski definition) is 2. The van der Waals surface area contributed by atoms with Gasteiger partial charge in [-0.05, 0) is 6.07 Å². The van der Waals surface area contributed by atoms with Crippen LogP contribution in [0, 0.1) is 0 Å². The van der Waals surface area contributed by atoms with Crippen molar-refractivity contribution in [3.8, 4) is 0 Å². The number of aromatic nitrogens is 3. The van der Waals surface area contributed by atoms with Crippen LogP contribution >= 0.6 is 23.2 Å². The molecular formula is C12H12Cl2F3N5O2S. The van der Waals surface area contributed by atoms with E-state index in [1.165, 1.54) is 17.9 Å². The lowest BCUT2D eigenvalue weighted by Gasteiger charge is -2.11. The SMILES string of the molecule is Cn1cnc(S(=O)(=O)NCCNc2ncc(C(F)(F)F)cc2Cl)c1Cl. The fourth-order valence-corrected chi connectivity index (χ4v) is 3.42. The average Bonchev–Trinajstić information content (AvgIpc) is 2.84. The molecule has 0 unspecified atom stereocenters. The van der Waals surface area contributed by atoms with Gasteiger partial charge in [0.05, 0.1) is 16.9 Å². The molecule has 2 rings (SSSR count). The second-order valence-corrected chi connectivity index (χ2v) is 7.28. The maximum atomic E-state index is 12.5. The minimum atomic E-state index is -4.55. The lowest BCUT2D eigenvalue weighted by atomic mass is 10.3. The van der Waals surface area contributed by atoms with Crippen LogP contribution in [-0.4, -0.2) is 36.0 Å². The molecule has 0 spiro atoms. The van der Waals surface area contributed by atoms with E-state index in [9.17, 15) is 21.6 Å². The van der Waals surface area contributed by atoms with Crippen molar-refractivity contribution in [1.29, 1.82) is 0 Å². The second-order valence-electron chi connectivity index (χ2n) is 4.83. The van der Waals surface area contributed by atoms with E-state index in [2.05, 4.69) is 20.0 Å². The summed E-state index contributed by atoms with van der Waals surface area (Å²) < 4.78 is 65.2. The van der Waals surface area contributed by atoms with Crippen LogP contribution in [0.25, 0.3) is 0 Å². The van der Waals surface area contributed by atoms with E-state index in [4.69, 9.17) is 23.2 Å². The molecule has 138 valence electrons. The number of nitrogens with one attached hydrogen (secondary N) is 2. The van der Waals surface area contributed by atoms with Crippen molar-refractivity contribution in [3.63, 3.8) is 0 Å². The normalized spacial score (nSPS) is 12.4. The second kappa shape index (κ2) is 7.36. The molecule has 0 aliphatic rings. The first-order valence-corrected chi connectivity index (χ1v) is 8.89. The zero-order valence-corrected chi connectivity index (χ0v) is 14.9. The standard InChI is InChI=1S/C12H12Cl2F3N5O2S/c1-22-6-20-11(9(22)14)25(23,24)21-3-2-18-10-8(13)4-7(5-19-10)12(15,16)17/h4-6,21H,2-3H2,1H3,(H,18,19). The molecule has 2 aromatic heterocycles. The third kappa shape index (κ3) is 4.75. The van der Waals surface area contributed by atoms with Crippen LogP contribution in [0.2, 0.25) is 10.2 Å². The number of halogens is 5. The molecular weight excluding hydrogens is 406 g/mol. The highest BCUT2D eigenvalue weighted by Crippen LogP contribution is 2.32. The molecule has 0 aromatic carbocycles. The monoisotopic (exact) mass is 417 g/mol. The molecule has 2 heterocycles. The zero-order chi connectivity index (χ0) is 18.8. The van der Waals surface area contributed by atoms with Crippen LogP contribution in [0.4, 0.5) is 19.0 Å². The molecule has 7 nitrogen and oxygen atoms in total. The summed E-state index contributed by atoms with van der Waals surface area (Å²) in [4.78, 5) is 7.27. The Balaban J connectivity index is 1.94. The topological polar surface area (TPSA) is 88.9 Å². The van der Waals surface area contributed by atoms with Gasteiger partial charge >= 0.3 is 6.18 Å². The third-order valence-corrected chi connectivity index (χ3v) is 5.20. The van der Waals surface area contributed by atoms with Crippen LogP contribution in [0.1, 0.15) is 5.56 Å². The Kier molecular flexibility index (Phi) is 5.82. The van der Waals surface area contributed by atoms with E-state index in [-0.39, 0.29) is 34.1 Å². The van der Waals surface area contributed by atoms with E-state index < -0.39 is 21.8 Å². The quantitative estimate of drug-likeness (QED) is 0.704. The van der Waals surface area contributed by atoms with Crippen LogP contribution < -0.4 is 10.0 Å². The van der Waals surface area contributed by atoms with E-state index in [0.29, 0.717) is 6.20 Å². The van der Waals surface area contributed by atoms with Gasteiger partial charge in [0.25, 0.3) is 10.0 Å². The highest BCUT2D eigenvalue weighted by molar-refractivity contribution is 7.89. The van der Waals surface area contributed by atoms with Crippen molar-refractivity contribution in [3.05, 3.63) is 34.3 Å². The summed E-state index contributed by atoms with van der Waals surface area (Å²) in [5, 5.41) is 2.04. The van der Waals surface area contributed by atoms with Gasteiger partial charge in [-0.3, -0.25) is 0 Å². The smallest absolute Gasteiger partial charge is 0.368 e. The van der Waals surface area contributed by atoms with Gasteiger partial charge in [-0.2, -0.15) is 13.2 Å². The Morgan fingerprint density at radius 1 is 1.24 bits per heavy atom. The van der Waals surface area contributed by atoms with Gasteiger partial charge in [-0.25, -0.2) is 23.1 Å². The molecule has 2 N–H and O–H groups in total. The Labute approximate surface area is 151 Å². The number of sulfonamides is 1. The molecule has 25 heavy (non-hydrogen) atoms. The van der Waals surface area contributed by atoms with Gasteiger partial charge in [0, 0.05) is 26.3 Å². The molecule has 2 aromatic rings. The molecule has 0 fully saturated rings. The van der Waals surface area contributed by atoms with Crippen molar-refractivity contribution >= 4 is 39.0 Å². The van der Waals surface area contributed by atoms with E-state index in [1.807, 2.05) is 0 Å². The number of imidazole rings is 1. The number of aryl methyl sites for hydroxylation is 1. The van der Waals surface area contributed by atoms with Crippen molar-refractivity contribution in [1.82, 2.24) is 19.3 Å². The van der Waals surface area contributed by atoms with E-state index in [1.54, 1.807) is 0 Å². The van der Waals surface area contributed by atoms with Gasteiger partial charge in [-0.15, -0.1) is 0 Å². The predicted octanol–water partition coefficient (Wildman–Crippen LogP) is 2.53. The van der Waals surface area contributed by atoms with Gasteiger partial charge < -0.3 is 9.88 Å². The molecule has 0 saturated heterocycles. The minimum Gasteiger partial charge on any atom is -0.368 e. The highest BCUT2D eigenvalue weighted by Gasteiger charge is 2.31. The maximum Gasteiger partial charge on any atom is 0.417 e. The fourth-order valence-electron chi connectivity index (χ4n) is 1.73. The summed E-state index contributed by atoms with van der Waals surface area (Å²) >= 11 is 11.6. The molecule has 13 heteroatoms. The van der Waals surface area contributed by atoms with Gasteiger partial charge in [0.15, 0.2) is 0 Å². The summed E-state index contributed by atoms with van der Waals surface area (Å²) in [5.41, 5.74) is -0.978. The first-order valence-electron chi connectivity index (χ1n) is 6.65. The summed E-state index contributed by atoms with van der Waals surface area (Å²) in [6.07, 6.45) is -2.67. The number of pyridine rings is 1. The third-order valence-electron chi connectivity index (χ3n) is 2.97. The highest BCUT2D eigenvalue weighted by atomic mass is 35.5. The number of hydrogen-bond acceptors (Lipinski definition) is 5. The van der Waals surface area contributed by atoms with Crippen LogP contribution in [0.3, 0.4) is 0 Å². The fraction of sp³-hybridized carbons (Fsp3) is 0.333. The summed E-state index contributed by atoms with van der Waals surface area (Å²) in [6.45, 7) is -0.0595. The van der Waals surface area contributed by atoms with Crippen molar-refractivity contribution in [2.75, 3.05) is 18.4 Å². The molecule has 0 amide bonds.